The van der Waals surface area contributed by atoms with Crippen LogP contribution in [0.3, 0.4) is 0 Å². The molecular weight excluding hydrogens is 460 g/mol. The number of imide groups is 1. The van der Waals surface area contributed by atoms with Crippen molar-refractivity contribution in [3.05, 3.63) is 45.8 Å². The zero-order valence-electron chi connectivity index (χ0n) is 17.8. The van der Waals surface area contributed by atoms with E-state index in [1.807, 2.05) is 5.32 Å². The Labute approximate surface area is 188 Å². The molecule has 0 atom stereocenters. The van der Waals surface area contributed by atoms with Gasteiger partial charge in [-0.25, -0.2) is 18.0 Å². The van der Waals surface area contributed by atoms with Gasteiger partial charge in [-0.15, -0.1) is 11.3 Å². The third kappa shape index (κ3) is 5.51. The first-order chi connectivity index (χ1) is 15.0. The van der Waals surface area contributed by atoms with E-state index < -0.39 is 33.7 Å². The summed E-state index contributed by atoms with van der Waals surface area (Å²) >= 11 is 0.797. The van der Waals surface area contributed by atoms with Crippen LogP contribution in [0.2, 0.25) is 0 Å². The van der Waals surface area contributed by atoms with Gasteiger partial charge in [0.15, 0.2) is 9.84 Å². The highest BCUT2D eigenvalue weighted by molar-refractivity contribution is 7.91. The van der Waals surface area contributed by atoms with E-state index in [2.05, 4.69) is 10.1 Å². The topological polar surface area (TPSA) is 145 Å². The van der Waals surface area contributed by atoms with Gasteiger partial charge >= 0.3 is 12.1 Å². The van der Waals surface area contributed by atoms with E-state index in [9.17, 15) is 27.6 Å². The SMILES string of the molecule is CCOC(=O)c1sc(NC(=O)c2cccc(S(=O)(=O)CC)c2)c(C(=O)NC(=O)OC)c1C. The van der Waals surface area contributed by atoms with Gasteiger partial charge < -0.3 is 14.8 Å². The van der Waals surface area contributed by atoms with E-state index in [4.69, 9.17) is 4.74 Å². The van der Waals surface area contributed by atoms with Crippen LogP contribution in [0.1, 0.15) is 49.8 Å². The number of carbonyl (C=O) groups excluding carboxylic acids is 4. The van der Waals surface area contributed by atoms with Crippen LogP contribution in [-0.4, -0.2) is 51.8 Å². The smallest absolute Gasteiger partial charge is 0.413 e. The Morgan fingerprint density at radius 1 is 1.09 bits per heavy atom. The second-order valence-electron chi connectivity index (χ2n) is 6.31. The molecule has 0 saturated carbocycles. The van der Waals surface area contributed by atoms with Gasteiger partial charge in [-0.3, -0.25) is 14.9 Å². The fourth-order valence-corrected chi connectivity index (χ4v) is 4.66. The second-order valence-corrected chi connectivity index (χ2v) is 9.61. The van der Waals surface area contributed by atoms with Crippen molar-refractivity contribution in [2.24, 2.45) is 0 Å². The number of hydrogen-bond donors (Lipinski definition) is 2. The highest BCUT2D eigenvalue weighted by Crippen LogP contribution is 2.34. The van der Waals surface area contributed by atoms with Crippen LogP contribution in [0.25, 0.3) is 0 Å². The molecule has 3 amide bonds. The molecule has 0 unspecified atom stereocenters. The Bertz CT molecular complexity index is 1170. The van der Waals surface area contributed by atoms with Gasteiger partial charge in [0.1, 0.15) is 9.88 Å². The lowest BCUT2D eigenvalue weighted by molar-refractivity contribution is 0.0531. The number of sulfone groups is 1. The van der Waals surface area contributed by atoms with Gasteiger partial charge in [0.2, 0.25) is 0 Å². The number of carbonyl (C=O) groups is 4. The maximum Gasteiger partial charge on any atom is 0.413 e. The number of thiophene rings is 1. The molecule has 1 heterocycles. The van der Waals surface area contributed by atoms with Gasteiger partial charge in [-0.2, -0.15) is 0 Å². The molecule has 32 heavy (non-hydrogen) atoms. The van der Waals surface area contributed by atoms with Crippen molar-refractivity contribution in [2.75, 3.05) is 24.8 Å². The summed E-state index contributed by atoms with van der Waals surface area (Å²) in [5.41, 5.74) is 0.115. The lowest BCUT2D eigenvalue weighted by Gasteiger charge is -2.08. The van der Waals surface area contributed by atoms with E-state index in [1.165, 1.54) is 38.1 Å². The molecule has 0 aliphatic heterocycles. The number of nitrogens with one attached hydrogen (secondary N) is 2. The summed E-state index contributed by atoms with van der Waals surface area (Å²) in [4.78, 5) is 49.2. The maximum atomic E-state index is 12.8. The van der Waals surface area contributed by atoms with Crippen LogP contribution in [-0.2, 0) is 19.3 Å². The van der Waals surface area contributed by atoms with Crippen molar-refractivity contribution in [3.8, 4) is 0 Å². The van der Waals surface area contributed by atoms with Crippen LogP contribution >= 0.6 is 11.3 Å². The molecule has 0 spiro atoms. The minimum atomic E-state index is -3.54. The fourth-order valence-electron chi connectivity index (χ4n) is 2.65. The molecule has 172 valence electrons. The van der Waals surface area contributed by atoms with Gasteiger partial charge in [0.25, 0.3) is 11.8 Å². The van der Waals surface area contributed by atoms with E-state index in [0.717, 1.165) is 18.4 Å². The summed E-state index contributed by atoms with van der Waals surface area (Å²) in [6.07, 6.45) is -1.02. The van der Waals surface area contributed by atoms with Crippen LogP contribution < -0.4 is 10.6 Å². The average Bonchev–Trinajstić information content (AvgIpc) is 3.09. The van der Waals surface area contributed by atoms with Crippen LogP contribution in [0.15, 0.2) is 29.2 Å². The van der Waals surface area contributed by atoms with Crippen molar-refractivity contribution in [2.45, 2.75) is 25.7 Å². The maximum absolute atomic E-state index is 12.8. The lowest BCUT2D eigenvalue weighted by Crippen LogP contribution is -2.31. The number of benzene rings is 1. The first-order valence-electron chi connectivity index (χ1n) is 9.39. The molecule has 1 aromatic carbocycles. The van der Waals surface area contributed by atoms with E-state index >= 15 is 0 Å². The quantitative estimate of drug-likeness (QED) is 0.573. The zero-order valence-corrected chi connectivity index (χ0v) is 19.4. The van der Waals surface area contributed by atoms with Gasteiger partial charge in [-0.1, -0.05) is 13.0 Å². The van der Waals surface area contributed by atoms with Crippen molar-refractivity contribution < 1.29 is 37.1 Å². The summed E-state index contributed by atoms with van der Waals surface area (Å²) in [5, 5.41) is 4.49. The Hall–Kier alpha value is -3.25. The predicted molar refractivity (Wildman–Crippen MR) is 117 cm³/mol. The Morgan fingerprint density at radius 3 is 2.38 bits per heavy atom. The first-order valence-corrected chi connectivity index (χ1v) is 11.9. The minimum Gasteiger partial charge on any atom is -0.462 e. The molecule has 0 aliphatic rings. The first kappa shape index (κ1) is 25.0. The summed E-state index contributed by atoms with van der Waals surface area (Å²) in [6, 6.07) is 5.42. The lowest BCUT2D eigenvalue weighted by atomic mass is 10.1. The molecule has 10 nitrogen and oxygen atoms in total. The molecule has 2 aromatic rings. The Morgan fingerprint density at radius 2 is 1.78 bits per heavy atom. The summed E-state index contributed by atoms with van der Waals surface area (Å²) in [7, 11) is -2.46. The molecule has 0 saturated heterocycles. The normalized spacial score (nSPS) is 10.9. The summed E-state index contributed by atoms with van der Waals surface area (Å²) in [5.74, 6) is -2.43. The predicted octanol–water partition coefficient (Wildman–Crippen LogP) is 2.78. The average molecular weight is 483 g/mol. The highest BCUT2D eigenvalue weighted by atomic mass is 32.2. The summed E-state index contributed by atoms with van der Waals surface area (Å²) < 4.78 is 33.6. The number of esters is 1. The van der Waals surface area contributed by atoms with Crippen molar-refractivity contribution >= 4 is 50.1 Å². The van der Waals surface area contributed by atoms with E-state index in [0.29, 0.717) is 0 Å². The van der Waals surface area contributed by atoms with Crippen molar-refractivity contribution in [3.63, 3.8) is 0 Å². The molecule has 0 aliphatic carbocycles. The standard InChI is InChI=1S/C20H22N2O8S2/c1-5-30-19(25)15-11(3)14(17(24)22-20(26)29-4)18(31-15)21-16(23)12-8-7-9-13(10-12)32(27,28)6-2/h7-10H,5-6H2,1-4H3,(H,21,23)(H,22,24,26). The number of anilines is 1. The van der Waals surface area contributed by atoms with Gasteiger partial charge in [0, 0.05) is 5.56 Å². The van der Waals surface area contributed by atoms with Crippen LogP contribution in [0.5, 0.6) is 0 Å². The largest absolute Gasteiger partial charge is 0.462 e. The molecule has 0 fully saturated rings. The highest BCUT2D eigenvalue weighted by Gasteiger charge is 2.28. The van der Waals surface area contributed by atoms with Gasteiger partial charge in [0.05, 0.1) is 29.9 Å². The van der Waals surface area contributed by atoms with Crippen LogP contribution in [0.4, 0.5) is 9.80 Å². The monoisotopic (exact) mass is 482 g/mol. The Balaban J connectivity index is 2.47. The molecule has 2 rings (SSSR count). The molecule has 0 radical (unpaired) electrons. The van der Waals surface area contributed by atoms with Crippen LogP contribution in [0, 0.1) is 6.92 Å². The molecule has 1 aromatic heterocycles. The van der Waals surface area contributed by atoms with Crippen molar-refractivity contribution in [1.82, 2.24) is 5.32 Å². The number of amides is 3. The number of ether oxygens (including phenoxy) is 2. The summed E-state index contributed by atoms with van der Waals surface area (Å²) in [6.45, 7) is 4.67. The molecule has 0 bridgehead atoms. The van der Waals surface area contributed by atoms with Crippen molar-refractivity contribution in [1.29, 1.82) is 0 Å². The molecule has 12 heteroatoms. The third-order valence-corrected chi connectivity index (χ3v) is 7.22. The number of alkyl carbamates (subject to hydrolysis) is 1. The second kappa shape index (κ2) is 10.4. The number of methoxy groups -OCH3 is 1. The number of hydrogen-bond acceptors (Lipinski definition) is 9. The fraction of sp³-hybridized carbons (Fsp3) is 0.300. The third-order valence-electron chi connectivity index (χ3n) is 4.30. The molecular formula is C20H22N2O8S2. The van der Waals surface area contributed by atoms with E-state index in [1.54, 1.807) is 6.92 Å². The minimum absolute atomic E-state index is 0.0132. The molecule has 2 N–H and O–H groups in total. The zero-order chi connectivity index (χ0) is 24.1. The Kier molecular flexibility index (Phi) is 8.11. The van der Waals surface area contributed by atoms with E-state index in [-0.39, 0.29) is 43.8 Å². The van der Waals surface area contributed by atoms with Gasteiger partial charge in [-0.05, 0) is 37.6 Å². The number of rotatable bonds is 7.